The fraction of sp³-hybridized carbons (Fsp3) is 0.167. The molecule has 0 fully saturated rings. The van der Waals surface area contributed by atoms with Crippen molar-refractivity contribution in [2.75, 3.05) is 19.6 Å². The second-order valence-electron chi connectivity index (χ2n) is 17.2. The van der Waals surface area contributed by atoms with Crippen molar-refractivity contribution in [1.29, 1.82) is 15.8 Å². The molecular formula is C54H40ClFN12O3. The summed E-state index contributed by atoms with van der Waals surface area (Å²) in [5.74, 6) is -0.806. The summed E-state index contributed by atoms with van der Waals surface area (Å²) in [5, 5.41) is 39.8. The average molecular weight is 959 g/mol. The van der Waals surface area contributed by atoms with E-state index in [1.807, 2.05) is 65.4 Å². The zero-order valence-electron chi connectivity index (χ0n) is 38.3. The Labute approximate surface area is 410 Å². The SMILES string of the molecule is Cc1c2n(c3c(-c4ccc(Cl)nc4)cc(C#N)cc13)CCNC2=O.Cc1c2n(c3c(-c4cccnc4)cc(C#N)cc13)CCNC2=O.N#Cc1cc(-c2ccc(F)nc2)c2c(c1)cc1n2CCCNC1=O. The Kier molecular flexibility index (Phi) is 12.0. The average Bonchev–Trinajstić information content (AvgIpc) is 3.97. The lowest BCUT2D eigenvalue weighted by Gasteiger charge is -2.18. The number of pyridine rings is 3. The van der Waals surface area contributed by atoms with Crippen LogP contribution in [0.2, 0.25) is 5.15 Å². The van der Waals surface area contributed by atoms with E-state index >= 15 is 0 Å². The quantitative estimate of drug-likeness (QED) is 0.144. The summed E-state index contributed by atoms with van der Waals surface area (Å²) in [5.41, 5.74) is 13.3. The lowest BCUT2D eigenvalue weighted by atomic mass is 10.00. The van der Waals surface area contributed by atoms with Crippen molar-refractivity contribution in [2.45, 2.75) is 39.9 Å². The molecule has 12 rings (SSSR count). The highest BCUT2D eigenvalue weighted by molar-refractivity contribution is 6.29. The van der Waals surface area contributed by atoms with E-state index in [1.54, 1.807) is 48.9 Å². The topological polar surface area (TPSA) is 212 Å². The maximum Gasteiger partial charge on any atom is 0.268 e. The highest BCUT2D eigenvalue weighted by atomic mass is 35.5. The molecule has 0 atom stereocenters. The summed E-state index contributed by atoms with van der Waals surface area (Å²) in [7, 11) is 0. The lowest BCUT2D eigenvalue weighted by Crippen LogP contribution is -2.35. The van der Waals surface area contributed by atoms with Crippen LogP contribution in [0.1, 0.15) is 65.7 Å². The molecule has 0 spiro atoms. The number of benzene rings is 3. The Hall–Kier alpha value is -9.17. The summed E-state index contributed by atoms with van der Waals surface area (Å²) in [6.45, 7) is 7.82. The van der Waals surface area contributed by atoms with Gasteiger partial charge in [0.1, 0.15) is 22.2 Å². The summed E-state index contributed by atoms with van der Waals surface area (Å²) >= 11 is 5.89. The van der Waals surface area contributed by atoms with Gasteiger partial charge >= 0.3 is 0 Å². The minimum Gasteiger partial charge on any atom is -0.351 e. The van der Waals surface area contributed by atoms with Gasteiger partial charge in [0.05, 0.1) is 51.4 Å². The van der Waals surface area contributed by atoms with Crippen LogP contribution in [-0.2, 0) is 19.6 Å². The molecule has 9 aromatic rings. The number of halogens is 2. The Morgan fingerprint density at radius 3 is 1.65 bits per heavy atom. The van der Waals surface area contributed by atoms with Gasteiger partial charge in [0.2, 0.25) is 5.95 Å². The molecule has 3 aromatic carbocycles. The molecule has 0 bridgehead atoms. The minimum absolute atomic E-state index is 0.0550. The third-order valence-corrected chi connectivity index (χ3v) is 13.2. The smallest absolute Gasteiger partial charge is 0.268 e. The molecule has 3 amide bonds. The van der Waals surface area contributed by atoms with Crippen LogP contribution in [0.5, 0.6) is 0 Å². The highest BCUT2D eigenvalue weighted by Crippen LogP contribution is 2.38. The molecule has 0 saturated carbocycles. The standard InChI is InChI=1S/C18H13ClN4O.C18H13FN4O.C18H14N4O/c1-10-13-6-11(8-20)7-14(12-2-3-15(19)22-9-12)17(13)23-5-4-21-18(24)16(10)23;19-16-3-2-12(10-22-16)14-7-11(9-20)6-13-8-15-18(24)21-4-1-5-23(15)17(13)14;1-11-14-7-12(9-19)8-15(13-3-2-4-20-10-13)17(14)22-6-5-21-18(23)16(11)22/h2-3,6-7,9H,4-5H2,1H3,(H,21,24);2-3,6-8,10H,1,4-5H2,(H,21,24);2-4,7-8,10H,5-6H2,1H3,(H,21,23). The van der Waals surface area contributed by atoms with E-state index < -0.39 is 5.95 Å². The molecule has 71 heavy (non-hydrogen) atoms. The van der Waals surface area contributed by atoms with Crippen LogP contribution >= 0.6 is 11.6 Å². The lowest BCUT2D eigenvalue weighted by molar-refractivity contribution is 0.0920. The summed E-state index contributed by atoms with van der Waals surface area (Å²) in [6, 6.07) is 29.7. The van der Waals surface area contributed by atoms with Crippen LogP contribution < -0.4 is 16.0 Å². The van der Waals surface area contributed by atoms with Gasteiger partial charge < -0.3 is 29.7 Å². The van der Waals surface area contributed by atoms with E-state index in [9.17, 15) is 34.6 Å². The van der Waals surface area contributed by atoms with Gasteiger partial charge in [-0.05, 0) is 104 Å². The van der Waals surface area contributed by atoms with Crippen molar-refractivity contribution in [3.8, 4) is 51.6 Å². The second-order valence-corrected chi connectivity index (χ2v) is 17.6. The number of amides is 3. The first-order valence-electron chi connectivity index (χ1n) is 22.7. The van der Waals surface area contributed by atoms with Gasteiger partial charge in [0.15, 0.2) is 0 Å². The van der Waals surface area contributed by atoms with Gasteiger partial charge in [-0.15, -0.1) is 0 Å². The van der Waals surface area contributed by atoms with Crippen molar-refractivity contribution < 1.29 is 18.8 Å². The fourth-order valence-electron chi connectivity index (χ4n) is 9.88. The number of hydrogen-bond donors (Lipinski definition) is 3. The van der Waals surface area contributed by atoms with Gasteiger partial charge in [-0.25, -0.2) is 9.97 Å². The third-order valence-electron chi connectivity index (χ3n) is 13.0. The van der Waals surface area contributed by atoms with Crippen molar-refractivity contribution >= 4 is 62.0 Å². The molecule has 348 valence electrons. The van der Waals surface area contributed by atoms with Crippen molar-refractivity contribution in [1.82, 2.24) is 44.6 Å². The summed E-state index contributed by atoms with van der Waals surface area (Å²) < 4.78 is 19.2. The first-order chi connectivity index (χ1) is 34.5. The first kappa shape index (κ1) is 45.6. The molecule has 17 heteroatoms. The molecular weight excluding hydrogens is 919 g/mol. The Morgan fingerprint density at radius 1 is 0.592 bits per heavy atom. The summed E-state index contributed by atoms with van der Waals surface area (Å²) in [6.07, 6.45) is 7.47. The highest BCUT2D eigenvalue weighted by Gasteiger charge is 2.28. The molecule has 15 nitrogen and oxygen atoms in total. The predicted molar refractivity (Wildman–Crippen MR) is 266 cm³/mol. The van der Waals surface area contributed by atoms with Crippen molar-refractivity contribution in [3.63, 3.8) is 0 Å². The second kappa shape index (κ2) is 18.7. The molecule has 0 radical (unpaired) electrons. The normalized spacial score (nSPS) is 13.6. The maximum atomic E-state index is 13.2. The van der Waals surface area contributed by atoms with E-state index in [2.05, 4.69) is 53.7 Å². The Morgan fingerprint density at radius 2 is 1.13 bits per heavy atom. The predicted octanol–water partition coefficient (Wildman–Crippen LogP) is 8.75. The number of rotatable bonds is 3. The number of aryl methyl sites for hydroxylation is 3. The van der Waals surface area contributed by atoms with Gasteiger partial charge in [-0.2, -0.15) is 20.2 Å². The number of fused-ring (bicyclic) bond motifs is 9. The molecule has 3 aliphatic rings. The number of carbonyl (C=O) groups is 3. The van der Waals surface area contributed by atoms with Crippen LogP contribution in [0, 0.1) is 53.8 Å². The summed E-state index contributed by atoms with van der Waals surface area (Å²) in [4.78, 5) is 48.9. The van der Waals surface area contributed by atoms with Crippen molar-refractivity contribution in [2.24, 2.45) is 0 Å². The largest absolute Gasteiger partial charge is 0.351 e. The van der Waals surface area contributed by atoms with E-state index in [4.69, 9.17) is 11.6 Å². The molecule has 0 unspecified atom stereocenters. The number of nitrogens with zero attached hydrogens (tertiary/aromatic N) is 9. The van der Waals surface area contributed by atoms with E-state index in [1.165, 1.54) is 12.3 Å². The van der Waals surface area contributed by atoms with Crippen LogP contribution in [0.3, 0.4) is 0 Å². The Bertz CT molecular complexity index is 3800. The third kappa shape index (κ3) is 8.24. The monoisotopic (exact) mass is 958 g/mol. The van der Waals surface area contributed by atoms with Gasteiger partial charge in [-0.1, -0.05) is 17.7 Å². The zero-order valence-corrected chi connectivity index (χ0v) is 39.0. The molecule has 3 aliphatic heterocycles. The number of nitriles is 3. The van der Waals surface area contributed by atoms with Gasteiger partial charge in [0, 0.05) is 114 Å². The first-order valence-corrected chi connectivity index (χ1v) is 23.1. The number of hydrogen-bond acceptors (Lipinski definition) is 9. The molecule has 9 heterocycles. The number of nitrogens with one attached hydrogen (secondary N) is 3. The van der Waals surface area contributed by atoms with Crippen LogP contribution in [0.25, 0.3) is 66.1 Å². The fourth-order valence-corrected chi connectivity index (χ4v) is 9.99. The molecule has 3 N–H and O–H groups in total. The van der Waals surface area contributed by atoms with E-state index in [-0.39, 0.29) is 17.7 Å². The number of aromatic nitrogens is 6. The number of carbonyl (C=O) groups excluding carboxylic acids is 3. The van der Waals surface area contributed by atoms with E-state index in [0.717, 1.165) is 84.6 Å². The van der Waals surface area contributed by atoms with Gasteiger partial charge in [-0.3, -0.25) is 19.4 Å². The molecule has 0 aliphatic carbocycles. The minimum atomic E-state index is -0.556. The van der Waals surface area contributed by atoms with Crippen molar-refractivity contribution in [3.05, 3.63) is 160 Å². The molecule has 6 aromatic heterocycles. The van der Waals surface area contributed by atoms with Crippen LogP contribution in [0.4, 0.5) is 4.39 Å². The molecule has 0 saturated heterocycles. The Balaban J connectivity index is 0.000000123. The van der Waals surface area contributed by atoms with Gasteiger partial charge in [0.25, 0.3) is 17.7 Å². The van der Waals surface area contributed by atoms with E-state index in [0.29, 0.717) is 77.2 Å². The zero-order chi connectivity index (χ0) is 49.5. The van der Waals surface area contributed by atoms with Crippen LogP contribution in [0.15, 0.2) is 104 Å². The maximum absolute atomic E-state index is 13.2. The van der Waals surface area contributed by atoms with Crippen LogP contribution in [-0.4, -0.2) is 66.0 Å².